The first-order valence-electron chi connectivity index (χ1n) is 6.06. The van der Waals surface area contributed by atoms with E-state index in [-0.39, 0.29) is 27.6 Å². The zero-order chi connectivity index (χ0) is 15.7. The average Bonchev–Trinajstić information content (AvgIpc) is 2.37. The summed E-state index contributed by atoms with van der Waals surface area (Å²) in [5, 5.41) is 0.0584. The van der Waals surface area contributed by atoms with Crippen molar-refractivity contribution in [1.82, 2.24) is 4.31 Å². The topological polar surface area (TPSA) is 63.4 Å². The quantitative estimate of drug-likeness (QED) is 0.621. The number of hydrogen-bond acceptors (Lipinski definition) is 3. The van der Waals surface area contributed by atoms with Crippen LogP contribution >= 0.6 is 27.5 Å². The van der Waals surface area contributed by atoms with Gasteiger partial charge >= 0.3 is 0 Å². The summed E-state index contributed by atoms with van der Waals surface area (Å²) in [6.07, 6.45) is 0. The van der Waals surface area contributed by atoms with E-state index in [1.165, 1.54) is 4.31 Å². The standard InChI is InChI=1S/C12H17BrClFN2O2S/c1-4-17(6-7(2)3)20(18,19)9-5-8(14)10(13)12(16)11(9)15/h5,7H,4,6,16H2,1-3H3. The van der Waals surface area contributed by atoms with E-state index in [2.05, 4.69) is 15.9 Å². The lowest BCUT2D eigenvalue weighted by atomic mass is 10.2. The van der Waals surface area contributed by atoms with Crippen molar-refractivity contribution in [3.05, 3.63) is 21.4 Å². The van der Waals surface area contributed by atoms with E-state index in [4.69, 9.17) is 17.3 Å². The molecule has 0 aromatic heterocycles. The van der Waals surface area contributed by atoms with Crippen molar-refractivity contribution in [3.63, 3.8) is 0 Å². The number of nitrogens with zero attached hydrogens (tertiary/aromatic N) is 1. The van der Waals surface area contributed by atoms with E-state index in [1.54, 1.807) is 6.92 Å². The van der Waals surface area contributed by atoms with E-state index < -0.39 is 20.7 Å². The van der Waals surface area contributed by atoms with Gasteiger partial charge in [0.15, 0.2) is 5.82 Å². The highest BCUT2D eigenvalue weighted by atomic mass is 79.9. The van der Waals surface area contributed by atoms with Gasteiger partial charge in [-0.1, -0.05) is 32.4 Å². The monoisotopic (exact) mass is 386 g/mol. The number of hydrogen-bond donors (Lipinski definition) is 1. The Labute approximate surface area is 132 Å². The number of rotatable bonds is 5. The molecular formula is C12H17BrClFN2O2S. The van der Waals surface area contributed by atoms with Gasteiger partial charge in [-0.2, -0.15) is 4.31 Å². The maximum Gasteiger partial charge on any atom is 0.246 e. The van der Waals surface area contributed by atoms with Gasteiger partial charge in [0.05, 0.1) is 15.2 Å². The van der Waals surface area contributed by atoms with E-state index >= 15 is 0 Å². The van der Waals surface area contributed by atoms with Gasteiger partial charge in [-0.15, -0.1) is 0 Å². The molecule has 0 bridgehead atoms. The lowest BCUT2D eigenvalue weighted by molar-refractivity contribution is 0.378. The molecular weight excluding hydrogens is 371 g/mol. The number of anilines is 1. The minimum absolute atomic E-state index is 0.0584. The van der Waals surface area contributed by atoms with E-state index in [1.807, 2.05) is 13.8 Å². The van der Waals surface area contributed by atoms with Crippen molar-refractivity contribution in [1.29, 1.82) is 0 Å². The molecule has 0 saturated carbocycles. The number of nitrogen functional groups attached to an aromatic ring is 1. The minimum atomic E-state index is -3.97. The van der Waals surface area contributed by atoms with Gasteiger partial charge in [-0.25, -0.2) is 12.8 Å². The van der Waals surface area contributed by atoms with Crippen molar-refractivity contribution in [2.75, 3.05) is 18.8 Å². The second kappa shape index (κ2) is 6.60. The van der Waals surface area contributed by atoms with Crippen LogP contribution in [-0.4, -0.2) is 25.8 Å². The second-order valence-corrected chi connectivity index (χ2v) is 7.85. The van der Waals surface area contributed by atoms with Crippen molar-refractivity contribution in [3.8, 4) is 0 Å². The lowest BCUT2D eigenvalue weighted by Gasteiger charge is -2.23. The molecule has 0 heterocycles. The highest BCUT2D eigenvalue weighted by Gasteiger charge is 2.29. The van der Waals surface area contributed by atoms with E-state index in [0.29, 0.717) is 6.54 Å². The molecule has 2 N–H and O–H groups in total. The fourth-order valence-electron chi connectivity index (χ4n) is 1.73. The largest absolute Gasteiger partial charge is 0.395 e. The summed E-state index contributed by atoms with van der Waals surface area (Å²) >= 11 is 8.89. The van der Waals surface area contributed by atoms with E-state index in [0.717, 1.165) is 6.07 Å². The molecule has 0 aliphatic heterocycles. The average molecular weight is 388 g/mol. The van der Waals surface area contributed by atoms with Crippen LogP contribution in [0.25, 0.3) is 0 Å². The van der Waals surface area contributed by atoms with Crippen LogP contribution in [0.3, 0.4) is 0 Å². The number of nitrogens with two attached hydrogens (primary N) is 1. The molecule has 114 valence electrons. The first-order valence-corrected chi connectivity index (χ1v) is 8.67. The fourth-order valence-corrected chi connectivity index (χ4v) is 4.01. The van der Waals surface area contributed by atoms with Crippen LogP contribution in [-0.2, 0) is 10.0 Å². The van der Waals surface area contributed by atoms with Gasteiger partial charge in [-0.3, -0.25) is 0 Å². The Morgan fingerprint density at radius 2 is 2.05 bits per heavy atom. The van der Waals surface area contributed by atoms with Crippen LogP contribution in [0, 0.1) is 11.7 Å². The molecule has 1 aromatic carbocycles. The molecule has 8 heteroatoms. The number of benzene rings is 1. The Kier molecular flexibility index (Phi) is 5.83. The Balaban J connectivity index is 3.42. The Bertz CT molecular complexity index is 608. The molecule has 0 spiro atoms. The van der Waals surface area contributed by atoms with Gasteiger partial charge in [0.25, 0.3) is 0 Å². The molecule has 4 nitrogen and oxygen atoms in total. The third kappa shape index (κ3) is 3.44. The smallest absolute Gasteiger partial charge is 0.246 e. The summed E-state index contributed by atoms with van der Waals surface area (Å²) < 4.78 is 40.5. The molecule has 20 heavy (non-hydrogen) atoms. The van der Waals surface area contributed by atoms with Crippen molar-refractivity contribution >= 4 is 43.2 Å². The van der Waals surface area contributed by atoms with Crippen molar-refractivity contribution in [2.24, 2.45) is 5.92 Å². The van der Waals surface area contributed by atoms with Crippen LogP contribution in [0.15, 0.2) is 15.4 Å². The lowest BCUT2D eigenvalue weighted by Crippen LogP contribution is -2.34. The summed E-state index contributed by atoms with van der Waals surface area (Å²) in [5.41, 5.74) is 5.23. The third-order valence-corrected chi connectivity index (χ3v) is 6.02. The minimum Gasteiger partial charge on any atom is -0.395 e. The second-order valence-electron chi connectivity index (χ2n) is 4.75. The summed E-state index contributed by atoms with van der Waals surface area (Å²) in [4.78, 5) is -0.495. The molecule has 0 atom stereocenters. The van der Waals surface area contributed by atoms with Gasteiger partial charge in [0.1, 0.15) is 4.90 Å². The third-order valence-electron chi connectivity index (χ3n) is 2.70. The van der Waals surface area contributed by atoms with Gasteiger partial charge in [0, 0.05) is 13.1 Å². The number of halogens is 3. The van der Waals surface area contributed by atoms with Gasteiger partial charge in [-0.05, 0) is 27.9 Å². The van der Waals surface area contributed by atoms with Gasteiger partial charge < -0.3 is 5.73 Å². The number of sulfonamides is 1. The highest BCUT2D eigenvalue weighted by molar-refractivity contribution is 9.10. The first kappa shape index (κ1) is 17.7. The summed E-state index contributed by atoms with van der Waals surface area (Å²) in [6, 6.07) is 1.08. The highest BCUT2D eigenvalue weighted by Crippen LogP contribution is 2.35. The zero-order valence-electron chi connectivity index (χ0n) is 11.5. The Morgan fingerprint density at radius 3 is 2.50 bits per heavy atom. The SMILES string of the molecule is CCN(CC(C)C)S(=O)(=O)c1cc(Cl)c(Br)c(N)c1F. The molecule has 1 aromatic rings. The molecule has 0 saturated heterocycles. The fraction of sp³-hybridized carbons (Fsp3) is 0.500. The molecule has 1 rings (SSSR count). The predicted molar refractivity (Wildman–Crippen MR) is 82.8 cm³/mol. The Morgan fingerprint density at radius 1 is 1.50 bits per heavy atom. The van der Waals surface area contributed by atoms with Crippen LogP contribution in [0.5, 0.6) is 0 Å². The molecule has 0 aliphatic rings. The predicted octanol–water partition coefficient (Wildman–Crippen LogP) is 3.49. The maximum absolute atomic E-state index is 14.2. The van der Waals surface area contributed by atoms with Crippen LogP contribution in [0.4, 0.5) is 10.1 Å². The summed E-state index contributed by atoms with van der Waals surface area (Å²) in [7, 11) is -3.97. The molecule has 0 amide bonds. The molecule has 0 aliphatic carbocycles. The van der Waals surface area contributed by atoms with Crippen molar-refractivity contribution < 1.29 is 12.8 Å². The Hall–Kier alpha value is -0.370. The van der Waals surface area contributed by atoms with Crippen LogP contribution < -0.4 is 5.73 Å². The van der Waals surface area contributed by atoms with E-state index in [9.17, 15) is 12.8 Å². The van der Waals surface area contributed by atoms with Crippen LogP contribution in [0.2, 0.25) is 5.02 Å². The molecule has 0 radical (unpaired) electrons. The summed E-state index contributed by atoms with van der Waals surface area (Å²) in [5.74, 6) is -0.862. The zero-order valence-corrected chi connectivity index (χ0v) is 14.6. The maximum atomic E-state index is 14.2. The first-order chi connectivity index (χ1) is 9.12. The summed E-state index contributed by atoms with van der Waals surface area (Å²) in [6.45, 7) is 6.01. The molecule has 0 fully saturated rings. The molecule has 0 unspecified atom stereocenters. The van der Waals surface area contributed by atoms with Crippen LogP contribution in [0.1, 0.15) is 20.8 Å². The van der Waals surface area contributed by atoms with Gasteiger partial charge in [0.2, 0.25) is 10.0 Å². The van der Waals surface area contributed by atoms with Crippen molar-refractivity contribution in [2.45, 2.75) is 25.7 Å². The normalized spacial score (nSPS) is 12.4.